The zero-order valence-electron chi connectivity index (χ0n) is 12.3. The maximum absolute atomic E-state index is 11.9. The highest BCUT2D eigenvalue weighted by Gasteiger charge is 2.19. The van der Waals surface area contributed by atoms with Gasteiger partial charge >= 0.3 is 0 Å². The molecule has 1 aliphatic rings. The first-order valence-electron chi connectivity index (χ1n) is 7.31. The molecule has 21 heavy (non-hydrogen) atoms. The Kier molecular flexibility index (Phi) is 5.79. The van der Waals surface area contributed by atoms with Crippen LogP contribution in [0.1, 0.15) is 36.8 Å². The van der Waals surface area contributed by atoms with Crippen molar-refractivity contribution in [1.82, 2.24) is 0 Å². The van der Waals surface area contributed by atoms with Crippen LogP contribution in [-0.2, 0) is 9.53 Å². The van der Waals surface area contributed by atoms with Crippen LogP contribution in [0.25, 0.3) is 0 Å². The van der Waals surface area contributed by atoms with E-state index < -0.39 is 0 Å². The van der Waals surface area contributed by atoms with Gasteiger partial charge in [0, 0.05) is 24.3 Å². The van der Waals surface area contributed by atoms with Crippen molar-refractivity contribution < 1.29 is 14.6 Å². The zero-order valence-corrected chi connectivity index (χ0v) is 12.3. The van der Waals surface area contributed by atoms with Crippen LogP contribution < -0.4 is 5.32 Å². The smallest absolute Gasteiger partial charge is 0.226 e. The van der Waals surface area contributed by atoms with Crippen molar-refractivity contribution in [2.45, 2.75) is 38.7 Å². The Morgan fingerprint density at radius 1 is 1.52 bits per heavy atom. The molecule has 4 heteroatoms. The number of rotatable bonds is 4. The Morgan fingerprint density at radius 3 is 3.05 bits per heavy atom. The number of benzene rings is 1. The van der Waals surface area contributed by atoms with Gasteiger partial charge in [-0.3, -0.25) is 4.79 Å². The molecule has 1 heterocycles. The molecule has 0 saturated carbocycles. The van der Waals surface area contributed by atoms with Crippen LogP contribution in [0.15, 0.2) is 18.2 Å². The fourth-order valence-corrected chi connectivity index (χ4v) is 2.32. The van der Waals surface area contributed by atoms with Crippen molar-refractivity contribution in [3.8, 4) is 11.8 Å². The average molecular weight is 287 g/mol. The predicted octanol–water partition coefficient (Wildman–Crippen LogP) is 2.24. The predicted molar refractivity (Wildman–Crippen MR) is 82.0 cm³/mol. The summed E-state index contributed by atoms with van der Waals surface area (Å²) < 4.78 is 5.46. The van der Waals surface area contributed by atoms with Crippen LogP contribution in [0, 0.1) is 18.8 Å². The van der Waals surface area contributed by atoms with E-state index in [0.717, 1.165) is 36.3 Å². The quantitative estimate of drug-likeness (QED) is 0.835. The molecule has 2 N–H and O–H groups in total. The molecule has 1 fully saturated rings. The number of aliphatic hydroxyl groups excluding tert-OH is 1. The summed E-state index contributed by atoms with van der Waals surface area (Å²) in [6.07, 6.45) is 2.95. The lowest BCUT2D eigenvalue weighted by Gasteiger charge is -2.10. The molecule has 0 aromatic heterocycles. The van der Waals surface area contributed by atoms with Gasteiger partial charge in [0.2, 0.25) is 5.91 Å². The van der Waals surface area contributed by atoms with E-state index in [1.807, 2.05) is 25.1 Å². The molecule has 1 amide bonds. The second kappa shape index (κ2) is 7.82. The number of hydrogen-bond acceptors (Lipinski definition) is 3. The molecule has 0 bridgehead atoms. The summed E-state index contributed by atoms with van der Waals surface area (Å²) in [7, 11) is 0. The molecule has 1 aromatic rings. The Bertz CT molecular complexity index is 551. The van der Waals surface area contributed by atoms with Crippen molar-refractivity contribution in [1.29, 1.82) is 0 Å². The summed E-state index contributed by atoms with van der Waals surface area (Å²) in [4.78, 5) is 11.9. The molecule has 2 rings (SSSR count). The normalized spacial score (nSPS) is 17.1. The number of aliphatic hydroxyl groups is 1. The third kappa shape index (κ3) is 4.89. The van der Waals surface area contributed by atoms with Gasteiger partial charge in [-0.15, -0.1) is 0 Å². The molecule has 4 nitrogen and oxygen atoms in total. The van der Waals surface area contributed by atoms with Gasteiger partial charge in [-0.25, -0.2) is 0 Å². The molecular weight excluding hydrogens is 266 g/mol. The van der Waals surface area contributed by atoms with Gasteiger partial charge in [-0.2, -0.15) is 0 Å². The van der Waals surface area contributed by atoms with Crippen LogP contribution in [-0.4, -0.2) is 30.3 Å². The van der Waals surface area contributed by atoms with E-state index in [-0.39, 0.29) is 18.6 Å². The number of amides is 1. The van der Waals surface area contributed by atoms with Gasteiger partial charge in [-0.05, 0) is 43.5 Å². The Morgan fingerprint density at radius 2 is 2.38 bits per heavy atom. The van der Waals surface area contributed by atoms with Crippen LogP contribution in [0.3, 0.4) is 0 Å². The van der Waals surface area contributed by atoms with E-state index in [9.17, 15) is 4.79 Å². The highest BCUT2D eigenvalue weighted by atomic mass is 16.5. The average Bonchev–Trinajstić information content (AvgIpc) is 2.94. The van der Waals surface area contributed by atoms with Crippen molar-refractivity contribution in [2.24, 2.45) is 0 Å². The van der Waals surface area contributed by atoms with Gasteiger partial charge in [0.1, 0.15) is 0 Å². The Hall–Kier alpha value is -1.83. The summed E-state index contributed by atoms with van der Waals surface area (Å²) in [6.45, 7) is 2.79. The molecule has 0 aliphatic carbocycles. The second-order valence-corrected chi connectivity index (χ2v) is 5.19. The third-order valence-electron chi connectivity index (χ3n) is 3.41. The Balaban J connectivity index is 1.93. The van der Waals surface area contributed by atoms with Gasteiger partial charge in [0.15, 0.2) is 0 Å². The molecule has 0 spiro atoms. The SMILES string of the molecule is Cc1cc(NC(=O)CC2CCCO2)ccc1C#CCCO. The van der Waals surface area contributed by atoms with Crippen molar-refractivity contribution in [3.05, 3.63) is 29.3 Å². The van der Waals surface area contributed by atoms with E-state index in [1.165, 1.54) is 0 Å². The molecular formula is C17H21NO3. The standard InChI is InChI=1S/C17H21NO3/c1-13-11-15(8-7-14(13)5-2-3-9-19)18-17(20)12-16-6-4-10-21-16/h7-8,11,16,19H,3-4,6,9-10,12H2,1H3,(H,18,20). The van der Waals surface area contributed by atoms with Gasteiger partial charge < -0.3 is 15.2 Å². The number of nitrogens with one attached hydrogen (secondary N) is 1. The number of anilines is 1. The third-order valence-corrected chi connectivity index (χ3v) is 3.41. The minimum absolute atomic E-state index is 0.0135. The van der Waals surface area contributed by atoms with Crippen LogP contribution in [0.5, 0.6) is 0 Å². The molecule has 112 valence electrons. The monoisotopic (exact) mass is 287 g/mol. The first-order valence-corrected chi connectivity index (χ1v) is 7.31. The van der Waals surface area contributed by atoms with Crippen molar-refractivity contribution in [2.75, 3.05) is 18.5 Å². The van der Waals surface area contributed by atoms with Gasteiger partial charge in [0.05, 0.1) is 19.1 Å². The number of aryl methyl sites for hydroxylation is 1. The van der Waals surface area contributed by atoms with Gasteiger partial charge in [0.25, 0.3) is 0 Å². The van der Waals surface area contributed by atoms with Crippen LogP contribution in [0.4, 0.5) is 5.69 Å². The van der Waals surface area contributed by atoms with Crippen LogP contribution >= 0.6 is 0 Å². The molecule has 1 saturated heterocycles. The lowest BCUT2D eigenvalue weighted by molar-refractivity contribution is -0.118. The summed E-state index contributed by atoms with van der Waals surface area (Å²) in [6, 6.07) is 5.65. The zero-order chi connectivity index (χ0) is 15.1. The van der Waals surface area contributed by atoms with Crippen molar-refractivity contribution in [3.63, 3.8) is 0 Å². The molecule has 1 atom stereocenters. The second-order valence-electron chi connectivity index (χ2n) is 5.19. The molecule has 0 radical (unpaired) electrons. The lowest BCUT2D eigenvalue weighted by Crippen LogP contribution is -2.19. The number of carbonyl (C=O) groups is 1. The largest absolute Gasteiger partial charge is 0.395 e. The maximum Gasteiger partial charge on any atom is 0.226 e. The minimum atomic E-state index is -0.0135. The first kappa shape index (κ1) is 15.6. The van der Waals surface area contributed by atoms with E-state index >= 15 is 0 Å². The van der Waals surface area contributed by atoms with E-state index in [1.54, 1.807) is 0 Å². The highest BCUT2D eigenvalue weighted by molar-refractivity contribution is 5.91. The lowest BCUT2D eigenvalue weighted by atomic mass is 10.1. The summed E-state index contributed by atoms with van der Waals surface area (Å²) in [5.74, 6) is 5.89. The highest BCUT2D eigenvalue weighted by Crippen LogP contribution is 2.18. The number of ether oxygens (including phenoxy) is 1. The Labute approximate surface area is 125 Å². The topological polar surface area (TPSA) is 58.6 Å². The van der Waals surface area contributed by atoms with E-state index in [2.05, 4.69) is 17.2 Å². The number of hydrogen-bond donors (Lipinski definition) is 2. The van der Waals surface area contributed by atoms with E-state index in [0.29, 0.717) is 12.8 Å². The number of carbonyl (C=O) groups excluding carboxylic acids is 1. The van der Waals surface area contributed by atoms with Crippen LogP contribution in [0.2, 0.25) is 0 Å². The van der Waals surface area contributed by atoms with Gasteiger partial charge in [-0.1, -0.05) is 11.8 Å². The molecule has 1 unspecified atom stereocenters. The fraction of sp³-hybridized carbons (Fsp3) is 0.471. The van der Waals surface area contributed by atoms with E-state index in [4.69, 9.17) is 9.84 Å². The first-order chi connectivity index (χ1) is 10.2. The summed E-state index contributed by atoms with van der Waals surface area (Å²) >= 11 is 0. The summed E-state index contributed by atoms with van der Waals surface area (Å²) in [5, 5.41) is 11.6. The molecule has 1 aliphatic heterocycles. The minimum Gasteiger partial charge on any atom is -0.395 e. The summed E-state index contributed by atoms with van der Waals surface area (Å²) in [5.41, 5.74) is 2.71. The fourth-order valence-electron chi connectivity index (χ4n) is 2.32. The van der Waals surface area contributed by atoms with Crippen molar-refractivity contribution >= 4 is 11.6 Å². The molecule has 1 aromatic carbocycles. The maximum atomic E-state index is 11.9.